The van der Waals surface area contributed by atoms with Gasteiger partial charge in [0.05, 0.1) is 34.0 Å². The largest absolute Gasteiger partial charge is 0.462 e. The molecule has 0 radical (unpaired) electrons. The zero-order valence-electron chi connectivity index (χ0n) is 80.7. The lowest BCUT2D eigenvalue weighted by Crippen LogP contribution is -2.20. The molecule has 0 amide bonds. The Morgan fingerprint density at radius 1 is 0.311 bits per heavy atom. The van der Waals surface area contributed by atoms with E-state index in [1.165, 1.54) is 282 Å². The van der Waals surface area contributed by atoms with Gasteiger partial charge in [-0.2, -0.15) is 15.0 Å². The van der Waals surface area contributed by atoms with E-state index < -0.39 is 0 Å². The number of thiophene rings is 14. The Bertz CT molecular complexity index is 7190. The van der Waals surface area contributed by atoms with Crippen LogP contribution in [-0.2, 0) is 11.3 Å². The van der Waals surface area contributed by atoms with E-state index in [1.807, 2.05) is 111 Å². The standard InChI is InChI=1S/C58H58O4S8.C56H65N3S6/c1-9-10-11-12-13-14-15-16-17-18-27-62-58(61)43-26-23-40(67-43)49-35-28-44(31(4)5)68-54(35)48(39-20-19-32(6)63-39)36-29-45(69-55(36)49)38-22-25-42(66-38)57-51-50(56(70-57)41-24-21-37(65-41)30(2)3)52(59)46-33(7)64-34(8)47(46)53(51)60;1-9-11-13-15-16-18-20-38(19-17-14-12-10-2)33-59-57-53-39(44-28-27-43(62-44)34(3)4)23-24-40(54(53)58-59)45-29-30-46(63-45)50-32-42-52(48-26-22-37(8)61-48)55-41(31-49(64-55)35(5)6)51(56(42)65-50)47-25-21-36(7)60-47/h19-26,28-31H,9-18,27H2,1-8H3;21-32,34-35,38H,9-20,33H2,1-8H3. The third-order valence-electron chi connectivity index (χ3n) is 26.4. The van der Waals surface area contributed by atoms with Gasteiger partial charge >= 0.3 is 5.97 Å². The van der Waals surface area contributed by atoms with Gasteiger partial charge in [-0.15, -0.1) is 159 Å². The van der Waals surface area contributed by atoms with Crippen molar-refractivity contribution in [3.8, 4) is 102 Å². The van der Waals surface area contributed by atoms with Crippen LogP contribution in [0.1, 0.15) is 326 Å². The Morgan fingerprint density at radius 2 is 0.667 bits per heavy atom. The molecule has 1 aliphatic rings. The Labute approximate surface area is 853 Å². The van der Waals surface area contributed by atoms with E-state index in [1.54, 1.807) is 56.7 Å². The smallest absolute Gasteiger partial charge is 0.348 e. The van der Waals surface area contributed by atoms with Crippen LogP contribution in [0.25, 0.3) is 153 Å². The molecule has 7 nitrogen and oxygen atoms in total. The van der Waals surface area contributed by atoms with Gasteiger partial charge in [0.2, 0.25) is 0 Å². The molecule has 1 aliphatic carbocycles. The normalized spacial score (nSPS) is 12.7. The Balaban J connectivity index is 0.000000181. The van der Waals surface area contributed by atoms with Crippen molar-refractivity contribution in [1.29, 1.82) is 0 Å². The summed E-state index contributed by atoms with van der Waals surface area (Å²) in [4.78, 5) is 73.3. The number of ether oxygens (including phenoxy) is 1. The van der Waals surface area contributed by atoms with Crippen LogP contribution in [0.5, 0.6) is 0 Å². The minimum absolute atomic E-state index is 0.0340. The molecule has 18 aromatic rings. The maximum absolute atomic E-state index is 14.8. The van der Waals surface area contributed by atoms with E-state index in [9.17, 15) is 14.4 Å². The van der Waals surface area contributed by atoms with E-state index in [0.29, 0.717) is 63.3 Å². The Hall–Kier alpha value is -7.29. The highest BCUT2D eigenvalue weighted by Gasteiger charge is 2.41. The predicted molar refractivity (Wildman–Crippen MR) is 604 cm³/mol. The van der Waals surface area contributed by atoms with Crippen molar-refractivity contribution < 1.29 is 19.1 Å². The number of aryl methyl sites for hydroxylation is 5. The van der Waals surface area contributed by atoms with Gasteiger partial charge in [0.1, 0.15) is 15.9 Å². The molecule has 0 spiro atoms. The average Bonchev–Trinajstić information content (AvgIpc) is 1.57. The predicted octanol–water partition coefficient (Wildman–Crippen LogP) is 41.5. The van der Waals surface area contributed by atoms with Gasteiger partial charge in [-0.05, 0) is 205 Å². The lowest BCUT2D eigenvalue weighted by molar-refractivity contribution is 0.0503. The summed E-state index contributed by atoms with van der Waals surface area (Å²) in [5.41, 5.74) is 12.0. The molecule has 3 aromatic carbocycles. The molecule has 702 valence electrons. The maximum atomic E-state index is 14.8. The zero-order chi connectivity index (χ0) is 94.1. The van der Waals surface area contributed by atoms with Gasteiger partial charge < -0.3 is 4.74 Å². The molecular formula is C114H123N3O4S14. The van der Waals surface area contributed by atoms with Crippen LogP contribution in [0.15, 0.2) is 133 Å². The summed E-state index contributed by atoms with van der Waals surface area (Å²) in [5.74, 6) is 1.99. The first-order valence-corrected chi connectivity index (χ1v) is 60.5. The van der Waals surface area contributed by atoms with Crippen LogP contribution in [0.4, 0.5) is 0 Å². The van der Waals surface area contributed by atoms with Crippen molar-refractivity contribution in [2.24, 2.45) is 5.92 Å². The molecule has 0 saturated carbocycles. The number of carbonyl (C=O) groups excluding carboxylic acids is 3. The Morgan fingerprint density at radius 3 is 1.11 bits per heavy atom. The molecule has 0 bridgehead atoms. The number of aromatic nitrogens is 3. The quantitative estimate of drug-likeness (QED) is 0.0281. The molecule has 15 aromatic heterocycles. The van der Waals surface area contributed by atoms with Crippen LogP contribution in [-0.4, -0.2) is 39.1 Å². The molecule has 1 atom stereocenters. The van der Waals surface area contributed by atoms with Gasteiger partial charge in [-0.1, -0.05) is 210 Å². The molecule has 21 heteroatoms. The molecule has 0 saturated heterocycles. The number of unbranched alkanes of at least 4 members (excludes halogenated alkanes) is 17. The van der Waals surface area contributed by atoms with Gasteiger partial charge in [-0.3, -0.25) is 9.59 Å². The average molecular weight is 2050 g/mol. The van der Waals surface area contributed by atoms with Crippen molar-refractivity contribution in [2.45, 2.75) is 282 Å². The summed E-state index contributed by atoms with van der Waals surface area (Å²) >= 11 is 25.2. The summed E-state index contributed by atoms with van der Waals surface area (Å²) in [6.45, 7) is 37.0. The number of rotatable bonds is 40. The van der Waals surface area contributed by atoms with Crippen LogP contribution < -0.4 is 0 Å². The topological polar surface area (TPSA) is 91.2 Å². The first-order valence-electron chi connectivity index (χ1n) is 49.1. The number of hydrogen-bond acceptors (Lipinski definition) is 20. The molecule has 0 aliphatic heterocycles. The van der Waals surface area contributed by atoms with E-state index in [0.717, 1.165) is 74.3 Å². The van der Waals surface area contributed by atoms with E-state index in [-0.39, 0.29) is 17.5 Å². The highest BCUT2D eigenvalue weighted by atomic mass is 32.2. The van der Waals surface area contributed by atoms with Crippen molar-refractivity contribution in [3.63, 3.8) is 0 Å². The number of fused-ring (bicyclic) bond motifs is 7. The summed E-state index contributed by atoms with van der Waals surface area (Å²) in [7, 11) is 0. The first-order chi connectivity index (χ1) is 65.4. The van der Waals surface area contributed by atoms with Crippen molar-refractivity contribution in [2.75, 3.05) is 6.61 Å². The van der Waals surface area contributed by atoms with Crippen molar-refractivity contribution >= 4 is 228 Å². The van der Waals surface area contributed by atoms with Gasteiger partial charge in [0, 0.05) is 187 Å². The van der Waals surface area contributed by atoms with Gasteiger partial charge in [0.25, 0.3) is 0 Å². The van der Waals surface area contributed by atoms with Crippen LogP contribution in [0, 0.1) is 40.5 Å². The summed E-state index contributed by atoms with van der Waals surface area (Å²) < 4.78 is 11.2. The molecule has 0 N–H and O–H groups in total. The fourth-order valence-electron chi connectivity index (χ4n) is 19.1. The SMILES string of the molecule is CCCCCCCCC(CCCCCC)Cn1nc2c(-c3ccc(-c4cc5c(-c6ccc(C)s6)c6sc(C(C)C)cc6c(-c6ccc(C)s6)c5s4)s3)ccc(-c3ccc(C(C)C)s3)c2n1.CCCCCCCCCCCCOC(=O)c1ccc(-c2c3cc(C(C)C)sc3c(-c3ccc(C)s3)c3cc(-c4ccc(-c5sc(-c6ccc(C(C)C)s6)c6c5C(=O)c5c(C)sc(C)c5C6=O)s4)sc23)s1. The van der Waals surface area contributed by atoms with Crippen LogP contribution in [0.2, 0.25) is 0 Å². The first kappa shape index (κ1) is 97.9. The zero-order valence-corrected chi connectivity index (χ0v) is 92.2. The number of esters is 1. The highest BCUT2D eigenvalue weighted by Crippen LogP contribution is 2.59. The fraction of sp³-hybridized carbons (Fsp3) is 0.395. The monoisotopic (exact) mass is 2050 g/mol. The van der Waals surface area contributed by atoms with Crippen LogP contribution >= 0.6 is 159 Å². The maximum Gasteiger partial charge on any atom is 0.348 e. The lowest BCUT2D eigenvalue weighted by atomic mass is 9.84. The second kappa shape index (κ2) is 43.4. The molecular weight excluding hydrogens is 1920 g/mol. The molecule has 1 unspecified atom stereocenters. The van der Waals surface area contributed by atoms with E-state index >= 15 is 0 Å². The third kappa shape index (κ3) is 20.7. The fourth-order valence-corrected chi connectivity index (χ4v) is 34.9. The number of carbonyl (C=O) groups is 3. The third-order valence-corrected chi connectivity index (χ3v) is 43.7. The number of ketones is 2. The van der Waals surface area contributed by atoms with Gasteiger partial charge in [0.15, 0.2) is 11.6 Å². The minimum Gasteiger partial charge on any atom is -0.462 e. The number of nitrogens with zero attached hydrogens (tertiary/aromatic N) is 3. The second-order valence-corrected chi connectivity index (χ2v) is 54.1. The van der Waals surface area contributed by atoms with Gasteiger partial charge in [-0.25, -0.2) is 4.79 Å². The van der Waals surface area contributed by atoms with E-state index in [2.05, 4.69) is 229 Å². The number of hydrogen-bond donors (Lipinski definition) is 0. The van der Waals surface area contributed by atoms with Crippen molar-refractivity contribution in [3.05, 3.63) is 204 Å². The Kier molecular flexibility index (Phi) is 31.5. The van der Waals surface area contributed by atoms with Crippen LogP contribution in [0.3, 0.4) is 0 Å². The minimum atomic E-state index is -0.240. The molecule has 19 rings (SSSR count). The van der Waals surface area contributed by atoms with Crippen molar-refractivity contribution in [1.82, 2.24) is 15.0 Å². The summed E-state index contributed by atoms with van der Waals surface area (Å²) in [6, 6.07) is 50.2. The molecule has 15 heterocycles. The lowest BCUT2D eigenvalue weighted by Gasteiger charge is -2.16. The molecule has 135 heavy (non-hydrogen) atoms. The summed E-state index contributed by atoms with van der Waals surface area (Å²) in [6.07, 6.45) is 28.2. The number of benzene rings is 3. The highest BCUT2D eigenvalue weighted by molar-refractivity contribution is 7.32. The summed E-state index contributed by atoms with van der Waals surface area (Å²) in [5, 5.41) is 16.1. The van der Waals surface area contributed by atoms with E-state index in [4.69, 9.17) is 14.9 Å². The molecule has 0 fully saturated rings. The second-order valence-electron chi connectivity index (χ2n) is 38.1.